The Labute approximate surface area is 159 Å². The number of fused-ring (bicyclic) bond motifs is 1. The van der Waals surface area contributed by atoms with Gasteiger partial charge in [-0.15, -0.1) is 0 Å². The molecule has 140 valence electrons. The van der Waals surface area contributed by atoms with Gasteiger partial charge in [-0.05, 0) is 45.0 Å². The summed E-state index contributed by atoms with van der Waals surface area (Å²) in [6.45, 7) is 10.2. The molecule has 0 saturated carbocycles. The van der Waals surface area contributed by atoms with Gasteiger partial charge >= 0.3 is 0 Å². The summed E-state index contributed by atoms with van der Waals surface area (Å²) in [7, 11) is 9.36. The van der Waals surface area contributed by atoms with Gasteiger partial charge in [0.15, 0.2) is 11.4 Å². The number of rotatable bonds is 5. The number of quaternary nitrogens is 3. The number of hydrogen-bond acceptors (Lipinski definition) is 0. The summed E-state index contributed by atoms with van der Waals surface area (Å²) < 4.78 is 2.85. The maximum atomic E-state index is 2.41. The van der Waals surface area contributed by atoms with Crippen LogP contribution in [0.2, 0.25) is 0 Å². The van der Waals surface area contributed by atoms with E-state index in [2.05, 4.69) is 97.5 Å². The highest BCUT2D eigenvalue weighted by molar-refractivity contribution is 5.72. The molecule has 2 aromatic carbocycles. The topological polar surface area (TPSA) is 0 Å². The first-order chi connectivity index (χ1) is 12.2. The summed E-state index contributed by atoms with van der Waals surface area (Å²) in [5.74, 6) is 0. The van der Waals surface area contributed by atoms with Crippen molar-refractivity contribution in [2.45, 2.75) is 26.9 Å². The van der Waals surface area contributed by atoms with Crippen molar-refractivity contribution in [3.05, 3.63) is 54.1 Å². The van der Waals surface area contributed by atoms with Gasteiger partial charge in [-0.3, -0.25) is 4.48 Å². The Morgan fingerprint density at radius 1 is 0.769 bits per heavy atom. The third kappa shape index (κ3) is 2.61. The highest BCUT2D eigenvalue weighted by Gasteiger charge is 2.58. The average molecular weight is 355 g/mol. The van der Waals surface area contributed by atoms with Crippen molar-refractivity contribution < 1.29 is 0 Å². The van der Waals surface area contributed by atoms with E-state index in [9.17, 15) is 0 Å². The molecule has 0 spiro atoms. The van der Waals surface area contributed by atoms with Crippen molar-refractivity contribution in [3.8, 4) is 0 Å². The number of hydrogen-bond donors (Lipinski definition) is 0. The van der Waals surface area contributed by atoms with Gasteiger partial charge in [0.1, 0.15) is 5.69 Å². The zero-order valence-corrected chi connectivity index (χ0v) is 17.7. The normalized spacial score (nSPS) is 28.2. The van der Waals surface area contributed by atoms with E-state index in [1.54, 1.807) is 0 Å². The quantitative estimate of drug-likeness (QED) is 0.670. The lowest BCUT2D eigenvalue weighted by molar-refractivity contribution is 0.132. The highest BCUT2D eigenvalue weighted by atomic mass is 15.6. The Bertz CT molecular complexity index is 743. The molecule has 0 aliphatic carbocycles. The lowest BCUT2D eigenvalue weighted by atomic mass is 10.1. The Morgan fingerprint density at radius 2 is 1.23 bits per heavy atom. The molecule has 2 atom stereocenters. The fourth-order valence-electron chi connectivity index (χ4n) is 4.73. The van der Waals surface area contributed by atoms with E-state index in [0.717, 1.165) is 33.1 Å². The molecule has 0 fully saturated rings. The minimum Gasteiger partial charge on any atom is -0.296 e. The van der Waals surface area contributed by atoms with Crippen LogP contribution in [0.25, 0.3) is 0 Å². The molecule has 3 nitrogen and oxygen atoms in total. The van der Waals surface area contributed by atoms with E-state index in [1.807, 2.05) is 0 Å². The molecule has 0 N–H and O–H groups in total. The lowest BCUT2D eigenvalue weighted by Gasteiger charge is -2.40. The fourth-order valence-corrected chi connectivity index (χ4v) is 4.73. The molecule has 3 heteroatoms. The predicted octanol–water partition coefficient (Wildman–Crippen LogP) is 4.90. The molecular formula is C23H36N3+3. The Morgan fingerprint density at radius 3 is 1.62 bits per heavy atom. The molecule has 0 saturated heterocycles. The summed E-state index contributed by atoms with van der Waals surface area (Å²) in [6.07, 6.45) is 0.397. The van der Waals surface area contributed by atoms with Crippen molar-refractivity contribution in [2.24, 2.45) is 0 Å². The molecule has 3 rings (SSSR count). The van der Waals surface area contributed by atoms with Crippen molar-refractivity contribution in [1.82, 2.24) is 13.4 Å². The minimum atomic E-state index is 0.397. The molecular weight excluding hydrogens is 318 g/mol. The molecule has 26 heavy (non-hydrogen) atoms. The summed E-state index contributed by atoms with van der Waals surface area (Å²) in [6, 6.07) is 18.5. The summed E-state index contributed by atoms with van der Waals surface area (Å²) >= 11 is 0. The smallest absolute Gasteiger partial charge is 0.252 e. The van der Waals surface area contributed by atoms with Crippen LogP contribution in [0.5, 0.6) is 0 Å². The number of para-hydroxylation sites is 2. The van der Waals surface area contributed by atoms with Crippen LogP contribution in [0, 0.1) is 0 Å². The summed E-state index contributed by atoms with van der Waals surface area (Å²) in [5, 5.41) is 0. The SMILES string of the molecule is CC[N+](C)(C)c1ccc(C2[N+](C)(CC)c3ccccc3[N+]2(C)CC)cc1. The van der Waals surface area contributed by atoms with Gasteiger partial charge in [0.25, 0.3) is 6.17 Å². The van der Waals surface area contributed by atoms with Gasteiger partial charge in [-0.1, -0.05) is 12.1 Å². The zero-order valence-electron chi connectivity index (χ0n) is 17.7. The van der Waals surface area contributed by atoms with Crippen LogP contribution in [0.4, 0.5) is 17.1 Å². The summed E-state index contributed by atoms with van der Waals surface area (Å²) in [4.78, 5) is 0. The van der Waals surface area contributed by atoms with E-state index in [4.69, 9.17) is 0 Å². The molecule has 0 amide bonds. The maximum absolute atomic E-state index is 2.41. The third-order valence-electron chi connectivity index (χ3n) is 7.06. The third-order valence-corrected chi connectivity index (χ3v) is 7.06. The lowest BCUT2D eigenvalue weighted by Crippen LogP contribution is -2.57. The van der Waals surface area contributed by atoms with Gasteiger partial charge in [-0.25, -0.2) is 8.97 Å². The Balaban J connectivity index is 2.14. The van der Waals surface area contributed by atoms with Crippen molar-refractivity contribution in [2.75, 3.05) is 47.8 Å². The number of nitrogens with zero attached hydrogens (tertiary/aromatic N) is 3. The molecule has 2 aromatic rings. The van der Waals surface area contributed by atoms with E-state index in [1.165, 1.54) is 22.6 Å². The van der Waals surface area contributed by atoms with Crippen LogP contribution in [-0.2, 0) is 0 Å². The second-order valence-electron chi connectivity index (χ2n) is 8.62. The summed E-state index contributed by atoms with van der Waals surface area (Å²) in [5.41, 5.74) is 5.76. The van der Waals surface area contributed by atoms with Crippen LogP contribution in [0.3, 0.4) is 0 Å². The minimum absolute atomic E-state index is 0.397. The van der Waals surface area contributed by atoms with E-state index < -0.39 is 0 Å². The Kier molecular flexibility index (Phi) is 4.76. The molecule has 0 aromatic heterocycles. The van der Waals surface area contributed by atoms with E-state index in [0.29, 0.717) is 6.17 Å². The van der Waals surface area contributed by atoms with Crippen LogP contribution < -0.4 is 13.4 Å². The van der Waals surface area contributed by atoms with Crippen molar-refractivity contribution >= 4 is 17.1 Å². The average Bonchev–Trinajstić information content (AvgIpc) is 2.87. The fraction of sp³-hybridized carbons (Fsp3) is 0.478. The first-order valence-corrected chi connectivity index (χ1v) is 9.98. The molecule has 1 heterocycles. The highest BCUT2D eigenvalue weighted by Crippen LogP contribution is 2.54. The second kappa shape index (κ2) is 6.49. The zero-order chi connectivity index (χ0) is 19.2. The monoisotopic (exact) mass is 354 g/mol. The van der Waals surface area contributed by atoms with Crippen LogP contribution in [0.15, 0.2) is 48.5 Å². The van der Waals surface area contributed by atoms with E-state index in [-0.39, 0.29) is 0 Å². The molecule has 2 unspecified atom stereocenters. The van der Waals surface area contributed by atoms with Crippen LogP contribution >= 0.6 is 0 Å². The molecule has 0 radical (unpaired) electrons. The standard InChI is InChI=1S/C23H36N3/c1-8-24(4,5)20-17-15-19(16-18-20)23-25(6,9-2)21-13-11-12-14-22(21)26(23,7)10-3/h11-18,23H,8-10H2,1-7H3/q+3. The van der Waals surface area contributed by atoms with Gasteiger partial charge in [-0.2, -0.15) is 0 Å². The van der Waals surface area contributed by atoms with Gasteiger partial charge in [0.05, 0.1) is 53.4 Å². The van der Waals surface area contributed by atoms with Crippen LogP contribution in [-0.4, -0.2) is 47.8 Å². The van der Waals surface area contributed by atoms with Gasteiger partial charge in [0.2, 0.25) is 0 Å². The van der Waals surface area contributed by atoms with Crippen LogP contribution in [0.1, 0.15) is 32.5 Å². The molecule has 0 bridgehead atoms. The van der Waals surface area contributed by atoms with Gasteiger partial charge in [0, 0.05) is 12.1 Å². The number of benzene rings is 2. The largest absolute Gasteiger partial charge is 0.296 e. The predicted molar refractivity (Wildman–Crippen MR) is 116 cm³/mol. The van der Waals surface area contributed by atoms with Crippen molar-refractivity contribution in [3.63, 3.8) is 0 Å². The van der Waals surface area contributed by atoms with E-state index >= 15 is 0 Å². The second-order valence-corrected chi connectivity index (χ2v) is 8.62. The molecule has 1 aliphatic heterocycles. The Hall–Kier alpha value is -1.68. The first kappa shape index (κ1) is 19.1. The maximum Gasteiger partial charge on any atom is 0.252 e. The first-order valence-electron chi connectivity index (χ1n) is 9.98. The van der Waals surface area contributed by atoms with Gasteiger partial charge < -0.3 is 0 Å². The molecule has 1 aliphatic rings. The van der Waals surface area contributed by atoms with Crippen molar-refractivity contribution in [1.29, 1.82) is 0 Å².